The van der Waals surface area contributed by atoms with E-state index >= 15 is 0 Å². The summed E-state index contributed by atoms with van der Waals surface area (Å²) in [6.07, 6.45) is 1.77. The van der Waals surface area contributed by atoms with Gasteiger partial charge in [0, 0.05) is 25.2 Å². The van der Waals surface area contributed by atoms with Crippen molar-refractivity contribution in [3.05, 3.63) is 39.7 Å². The topological polar surface area (TPSA) is 75.5 Å². The first kappa shape index (κ1) is 17.3. The highest BCUT2D eigenvalue weighted by molar-refractivity contribution is 5.98. The van der Waals surface area contributed by atoms with Gasteiger partial charge in [0.15, 0.2) is 0 Å². The van der Waals surface area contributed by atoms with Crippen molar-refractivity contribution in [2.24, 2.45) is 0 Å². The summed E-state index contributed by atoms with van der Waals surface area (Å²) in [5.41, 5.74) is -0.547. The molecule has 8 heteroatoms. The molecule has 0 aliphatic carbocycles. The maximum absolute atomic E-state index is 13.3. The summed E-state index contributed by atoms with van der Waals surface area (Å²) >= 11 is 0. The number of nitrogens with zero attached hydrogens (tertiary/aromatic N) is 2. The Labute approximate surface area is 127 Å². The number of hydrogen-bond donors (Lipinski definition) is 1. The Balaban J connectivity index is 0.00000220. The first-order valence-electron chi connectivity index (χ1n) is 6.43. The van der Waals surface area contributed by atoms with Crippen molar-refractivity contribution < 1.29 is 14.1 Å². The van der Waals surface area contributed by atoms with E-state index in [4.69, 9.17) is 0 Å². The maximum Gasteiger partial charge on any atom is 0.282 e. The second-order valence-corrected chi connectivity index (χ2v) is 4.80. The molecule has 0 radical (unpaired) electrons. The van der Waals surface area contributed by atoms with E-state index in [0.29, 0.717) is 13.1 Å². The van der Waals surface area contributed by atoms with Gasteiger partial charge in [-0.15, -0.1) is 12.4 Å². The number of carbonyl (C=O) groups excluding carboxylic acids is 1. The number of likely N-dealkylation sites (N-methyl/N-ethyl adjacent to an activating group) is 1. The molecule has 1 saturated heterocycles. The summed E-state index contributed by atoms with van der Waals surface area (Å²) in [5, 5.41) is 14.0. The lowest BCUT2D eigenvalue weighted by Crippen LogP contribution is -2.47. The molecule has 1 fully saturated rings. The Morgan fingerprint density at radius 2 is 2.24 bits per heavy atom. The van der Waals surface area contributed by atoms with Crippen LogP contribution in [0, 0.1) is 15.9 Å². The summed E-state index contributed by atoms with van der Waals surface area (Å²) in [6.45, 7) is 1.01. The third-order valence-electron chi connectivity index (χ3n) is 3.50. The molecule has 2 rings (SSSR count). The van der Waals surface area contributed by atoms with Crippen LogP contribution in [0.1, 0.15) is 23.2 Å². The summed E-state index contributed by atoms with van der Waals surface area (Å²) in [4.78, 5) is 24.2. The zero-order valence-electron chi connectivity index (χ0n) is 11.5. The fourth-order valence-electron chi connectivity index (χ4n) is 2.41. The summed E-state index contributed by atoms with van der Waals surface area (Å²) < 4.78 is 13.3. The number of hydrogen-bond acceptors (Lipinski definition) is 4. The van der Waals surface area contributed by atoms with Crippen LogP contribution in [-0.2, 0) is 0 Å². The molecule has 1 N–H and O–H groups in total. The SMILES string of the molecule is CNC1CCCN(C(=O)c2cc(F)ccc2[N+](=O)[O-])C1.Cl. The van der Waals surface area contributed by atoms with Crippen molar-refractivity contribution in [1.82, 2.24) is 10.2 Å². The van der Waals surface area contributed by atoms with Crippen LogP contribution in [0.3, 0.4) is 0 Å². The van der Waals surface area contributed by atoms with Crippen molar-refractivity contribution in [3.8, 4) is 0 Å². The van der Waals surface area contributed by atoms with Crippen molar-refractivity contribution in [2.75, 3.05) is 20.1 Å². The van der Waals surface area contributed by atoms with Gasteiger partial charge in [-0.05, 0) is 32.0 Å². The molecular formula is C13H17ClFN3O3. The minimum atomic E-state index is -0.661. The first-order chi connectivity index (χ1) is 9.52. The smallest absolute Gasteiger partial charge is 0.282 e. The van der Waals surface area contributed by atoms with Gasteiger partial charge in [0.1, 0.15) is 11.4 Å². The molecule has 21 heavy (non-hydrogen) atoms. The fourth-order valence-corrected chi connectivity index (χ4v) is 2.41. The Kier molecular flexibility index (Phi) is 6.04. The van der Waals surface area contributed by atoms with Crippen LogP contribution < -0.4 is 5.32 Å². The Morgan fingerprint density at radius 3 is 2.86 bits per heavy atom. The van der Waals surface area contributed by atoms with Crippen LogP contribution in [0.25, 0.3) is 0 Å². The lowest BCUT2D eigenvalue weighted by atomic mass is 10.0. The van der Waals surface area contributed by atoms with Crippen molar-refractivity contribution in [3.63, 3.8) is 0 Å². The predicted molar refractivity (Wildman–Crippen MR) is 78.3 cm³/mol. The van der Waals surface area contributed by atoms with Gasteiger partial charge < -0.3 is 10.2 Å². The van der Waals surface area contributed by atoms with Crippen molar-refractivity contribution >= 4 is 24.0 Å². The Hall–Kier alpha value is -1.73. The Bertz CT molecular complexity index is 541. The summed E-state index contributed by atoms with van der Waals surface area (Å²) in [5.74, 6) is -1.14. The van der Waals surface area contributed by atoms with Gasteiger partial charge in [-0.1, -0.05) is 0 Å². The van der Waals surface area contributed by atoms with E-state index in [1.54, 1.807) is 0 Å². The normalized spacial score (nSPS) is 18.0. The number of nitro benzene ring substituents is 1. The van der Waals surface area contributed by atoms with E-state index in [1.807, 2.05) is 7.05 Å². The average molecular weight is 318 g/mol. The first-order valence-corrected chi connectivity index (χ1v) is 6.43. The number of halogens is 2. The number of piperidine rings is 1. The van der Waals surface area contributed by atoms with E-state index in [0.717, 1.165) is 31.0 Å². The maximum atomic E-state index is 13.3. The lowest BCUT2D eigenvalue weighted by Gasteiger charge is -2.32. The number of nitrogens with one attached hydrogen (secondary N) is 1. The van der Waals surface area contributed by atoms with Gasteiger partial charge in [0.05, 0.1) is 4.92 Å². The van der Waals surface area contributed by atoms with Gasteiger partial charge >= 0.3 is 0 Å². The van der Waals surface area contributed by atoms with Crippen LogP contribution >= 0.6 is 12.4 Å². The molecule has 1 aliphatic heterocycles. The van der Waals surface area contributed by atoms with E-state index in [9.17, 15) is 19.3 Å². The number of rotatable bonds is 3. The zero-order chi connectivity index (χ0) is 14.7. The van der Waals surface area contributed by atoms with Gasteiger partial charge in [-0.25, -0.2) is 4.39 Å². The minimum absolute atomic E-state index is 0. The molecule has 0 aromatic heterocycles. The molecule has 1 aliphatic rings. The number of amides is 1. The van der Waals surface area contributed by atoms with Crippen molar-refractivity contribution in [2.45, 2.75) is 18.9 Å². The van der Waals surface area contributed by atoms with E-state index in [-0.39, 0.29) is 29.7 Å². The number of likely N-dealkylation sites (tertiary alicyclic amines) is 1. The second-order valence-electron chi connectivity index (χ2n) is 4.80. The second kappa shape index (κ2) is 7.33. The highest BCUT2D eigenvalue weighted by Gasteiger charge is 2.28. The van der Waals surface area contributed by atoms with Gasteiger partial charge in [-0.2, -0.15) is 0 Å². The van der Waals surface area contributed by atoms with E-state index < -0.39 is 16.6 Å². The van der Waals surface area contributed by atoms with Crippen LogP contribution in [0.15, 0.2) is 18.2 Å². The molecule has 1 aromatic rings. The molecule has 1 aromatic carbocycles. The molecule has 1 atom stereocenters. The molecular weight excluding hydrogens is 301 g/mol. The van der Waals surface area contributed by atoms with Crippen LogP contribution in [0.2, 0.25) is 0 Å². The molecule has 0 saturated carbocycles. The van der Waals surface area contributed by atoms with Crippen LogP contribution in [0.5, 0.6) is 0 Å². The molecule has 116 valence electrons. The lowest BCUT2D eigenvalue weighted by molar-refractivity contribution is -0.385. The number of nitro groups is 1. The molecule has 0 spiro atoms. The highest BCUT2D eigenvalue weighted by atomic mass is 35.5. The fraction of sp³-hybridized carbons (Fsp3) is 0.462. The highest BCUT2D eigenvalue weighted by Crippen LogP contribution is 2.23. The van der Waals surface area contributed by atoms with Crippen LogP contribution in [-0.4, -0.2) is 41.9 Å². The summed E-state index contributed by atoms with van der Waals surface area (Å²) in [7, 11) is 1.81. The van der Waals surface area contributed by atoms with E-state index in [1.165, 1.54) is 4.90 Å². The molecule has 1 heterocycles. The van der Waals surface area contributed by atoms with Gasteiger partial charge in [-0.3, -0.25) is 14.9 Å². The Morgan fingerprint density at radius 1 is 1.52 bits per heavy atom. The standard InChI is InChI=1S/C13H16FN3O3.ClH/c1-15-10-3-2-6-16(8-10)13(18)11-7-9(14)4-5-12(11)17(19)20;/h4-5,7,10,15H,2-3,6,8H2,1H3;1H. The third kappa shape index (κ3) is 3.89. The zero-order valence-corrected chi connectivity index (χ0v) is 12.4. The van der Waals surface area contributed by atoms with Crippen LogP contribution in [0.4, 0.5) is 10.1 Å². The molecule has 6 nitrogen and oxygen atoms in total. The summed E-state index contributed by atoms with van der Waals surface area (Å²) in [6, 6.07) is 3.12. The molecule has 1 amide bonds. The monoisotopic (exact) mass is 317 g/mol. The van der Waals surface area contributed by atoms with E-state index in [2.05, 4.69) is 5.32 Å². The number of benzene rings is 1. The van der Waals surface area contributed by atoms with Gasteiger partial charge in [0.25, 0.3) is 11.6 Å². The largest absolute Gasteiger partial charge is 0.337 e. The number of carbonyl (C=O) groups is 1. The minimum Gasteiger partial charge on any atom is -0.337 e. The molecule has 1 unspecified atom stereocenters. The molecule has 0 bridgehead atoms. The average Bonchev–Trinajstić information content (AvgIpc) is 2.46. The third-order valence-corrected chi connectivity index (χ3v) is 3.50. The van der Waals surface area contributed by atoms with Gasteiger partial charge in [0.2, 0.25) is 0 Å². The van der Waals surface area contributed by atoms with Crippen molar-refractivity contribution in [1.29, 1.82) is 0 Å². The predicted octanol–water partition coefficient (Wildman–Crippen LogP) is 1.98. The quantitative estimate of drug-likeness (QED) is 0.683.